The standard InChI is InChI=1S/C5H4N4O/c6-3-4-5(10-7)9-2-1-8-4/h1-2H,7H2. The molecule has 10 heavy (non-hydrogen) atoms. The first-order chi connectivity index (χ1) is 4.88. The van der Waals surface area contributed by atoms with Crippen LogP contribution in [0.1, 0.15) is 5.69 Å². The average molecular weight is 136 g/mol. The summed E-state index contributed by atoms with van der Waals surface area (Å²) in [5, 5.41) is 8.36. The largest absolute Gasteiger partial charge is 0.388 e. The minimum Gasteiger partial charge on any atom is -0.388 e. The van der Waals surface area contributed by atoms with Crippen LogP contribution in [-0.2, 0) is 0 Å². The fourth-order valence-corrected chi connectivity index (χ4v) is 0.488. The van der Waals surface area contributed by atoms with Crippen molar-refractivity contribution in [3.63, 3.8) is 0 Å². The minimum absolute atomic E-state index is 0.0463. The average Bonchev–Trinajstić information content (AvgIpc) is 2.04. The second-order valence-corrected chi connectivity index (χ2v) is 1.44. The van der Waals surface area contributed by atoms with Gasteiger partial charge in [-0.1, -0.05) is 0 Å². The van der Waals surface area contributed by atoms with Crippen LogP contribution >= 0.6 is 0 Å². The van der Waals surface area contributed by atoms with E-state index in [4.69, 9.17) is 11.2 Å². The number of nitrogens with two attached hydrogens (primary N) is 1. The Morgan fingerprint density at radius 1 is 1.50 bits per heavy atom. The van der Waals surface area contributed by atoms with Gasteiger partial charge in [-0.25, -0.2) is 9.97 Å². The van der Waals surface area contributed by atoms with Crippen LogP contribution in [0, 0.1) is 11.3 Å². The molecule has 0 unspecified atom stereocenters. The summed E-state index contributed by atoms with van der Waals surface area (Å²) in [5.74, 6) is 4.82. The van der Waals surface area contributed by atoms with Crippen LogP contribution in [0.3, 0.4) is 0 Å². The van der Waals surface area contributed by atoms with E-state index in [0.717, 1.165) is 0 Å². The zero-order valence-corrected chi connectivity index (χ0v) is 4.98. The lowest BCUT2D eigenvalue weighted by Gasteiger charge is -1.94. The predicted molar refractivity (Wildman–Crippen MR) is 31.6 cm³/mol. The number of hydrogen-bond donors (Lipinski definition) is 1. The topological polar surface area (TPSA) is 84.8 Å². The van der Waals surface area contributed by atoms with Crippen molar-refractivity contribution in [2.75, 3.05) is 0 Å². The van der Waals surface area contributed by atoms with E-state index < -0.39 is 0 Å². The number of nitriles is 1. The molecule has 2 N–H and O–H groups in total. The van der Waals surface area contributed by atoms with Crippen molar-refractivity contribution in [2.45, 2.75) is 0 Å². The van der Waals surface area contributed by atoms with Crippen LogP contribution in [0.2, 0.25) is 0 Å². The Kier molecular flexibility index (Phi) is 1.78. The summed E-state index contributed by atoms with van der Waals surface area (Å²) in [6.07, 6.45) is 2.78. The van der Waals surface area contributed by atoms with Crippen molar-refractivity contribution < 1.29 is 4.84 Å². The maximum absolute atomic E-state index is 8.36. The zero-order chi connectivity index (χ0) is 7.40. The van der Waals surface area contributed by atoms with Gasteiger partial charge in [0.1, 0.15) is 6.07 Å². The zero-order valence-electron chi connectivity index (χ0n) is 4.98. The SMILES string of the molecule is N#Cc1nccnc1ON. The molecule has 0 spiro atoms. The molecule has 0 atom stereocenters. The van der Waals surface area contributed by atoms with Gasteiger partial charge in [-0.05, 0) is 0 Å². The highest BCUT2D eigenvalue weighted by Gasteiger charge is 2.01. The van der Waals surface area contributed by atoms with Crippen molar-refractivity contribution in [1.82, 2.24) is 9.97 Å². The first-order valence-electron chi connectivity index (χ1n) is 2.46. The van der Waals surface area contributed by atoms with Crippen LogP contribution in [0.25, 0.3) is 0 Å². The van der Waals surface area contributed by atoms with E-state index in [0.29, 0.717) is 0 Å². The molecule has 0 radical (unpaired) electrons. The molecule has 1 aromatic rings. The van der Waals surface area contributed by atoms with Gasteiger partial charge < -0.3 is 4.84 Å². The minimum atomic E-state index is 0.0463. The lowest BCUT2D eigenvalue weighted by molar-refractivity contribution is 0.318. The van der Waals surface area contributed by atoms with Crippen molar-refractivity contribution in [2.24, 2.45) is 5.90 Å². The second kappa shape index (κ2) is 2.75. The first-order valence-corrected chi connectivity index (χ1v) is 2.46. The molecule has 0 fully saturated rings. The van der Waals surface area contributed by atoms with Gasteiger partial charge in [0.15, 0.2) is 0 Å². The van der Waals surface area contributed by atoms with Crippen molar-refractivity contribution in [3.8, 4) is 11.9 Å². The van der Waals surface area contributed by atoms with Gasteiger partial charge in [0.05, 0.1) is 0 Å². The third-order valence-electron chi connectivity index (χ3n) is 0.882. The summed E-state index contributed by atoms with van der Waals surface area (Å²) in [7, 11) is 0. The van der Waals surface area contributed by atoms with Gasteiger partial charge in [0, 0.05) is 12.4 Å². The maximum Gasteiger partial charge on any atom is 0.274 e. The van der Waals surface area contributed by atoms with Gasteiger partial charge in [0.2, 0.25) is 5.69 Å². The Morgan fingerprint density at radius 2 is 2.20 bits per heavy atom. The highest BCUT2D eigenvalue weighted by molar-refractivity contribution is 5.29. The van der Waals surface area contributed by atoms with Gasteiger partial charge in [-0.3, -0.25) is 0 Å². The van der Waals surface area contributed by atoms with E-state index in [1.165, 1.54) is 12.4 Å². The third kappa shape index (κ3) is 1.01. The van der Waals surface area contributed by atoms with E-state index in [-0.39, 0.29) is 11.6 Å². The molecule has 1 rings (SSSR count). The molecule has 1 heterocycles. The first kappa shape index (κ1) is 6.45. The smallest absolute Gasteiger partial charge is 0.274 e. The quantitative estimate of drug-likeness (QED) is 0.531. The van der Waals surface area contributed by atoms with E-state index in [9.17, 15) is 0 Å². The lowest BCUT2D eigenvalue weighted by atomic mass is 10.5. The number of hydrogen-bond acceptors (Lipinski definition) is 5. The molecule has 0 amide bonds. The molecule has 0 saturated heterocycles. The van der Waals surface area contributed by atoms with Gasteiger partial charge in [-0.15, -0.1) is 0 Å². The van der Waals surface area contributed by atoms with Crippen LogP contribution in [0.15, 0.2) is 12.4 Å². The molecule has 5 heteroatoms. The van der Waals surface area contributed by atoms with Crippen LogP contribution < -0.4 is 10.7 Å². The monoisotopic (exact) mass is 136 g/mol. The van der Waals surface area contributed by atoms with E-state index in [1.807, 2.05) is 0 Å². The molecule has 0 saturated carbocycles. The summed E-state index contributed by atoms with van der Waals surface area (Å²) in [5.41, 5.74) is 0.0880. The van der Waals surface area contributed by atoms with E-state index in [1.54, 1.807) is 6.07 Å². The fraction of sp³-hybridized carbons (Fsp3) is 0. The number of nitrogens with zero attached hydrogens (tertiary/aromatic N) is 3. The summed E-state index contributed by atoms with van der Waals surface area (Å²) in [6, 6.07) is 1.77. The Bertz CT molecular complexity index is 267. The van der Waals surface area contributed by atoms with E-state index in [2.05, 4.69) is 14.8 Å². The molecule has 5 nitrogen and oxygen atoms in total. The van der Waals surface area contributed by atoms with Crippen molar-refractivity contribution >= 4 is 0 Å². The Balaban J connectivity index is 3.12. The lowest BCUT2D eigenvalue weighted by Crippen LogP contribution is -2.06. The van der Waals surface area contributed by atoms with Crippen LogP contribution in [-0.4, -0.2) is 9.97 Å². The Morgan fingerprint density at radius 3 is 2.70 bits per heavy atom. The van der Waals surface area contributed by atoms with Crippen molar-refractivity contribution in [1.29, 1.82) is 5.26 Å². The Hall–Kier alpha value is -1.67. The molecule has 0 aliphatic heterocycles. The molecular weight excluding hydrogens is 132 g/mol. The molecule has 0 aliphatic rings. The maximum atomic E-state index is 8.36. The predicted octanol–water partition coefficient (Wildman–Crippen LogP) is -0.399. The summed E-state index contributed by atoms with van der Waals surface area (Å²) < 4.78 is 0. The second-order valence-electron chi connectivity index (χ2n) is 1.44. The normalized spacial score (nSPS) is 8.40. The Labute approximate surface area is 57.0 Å². The molecular formula is C5H4N4O. The van der Waals surface area contributed by atoms with Crippen molar-refractivity contribution in [3.05, 3.63) is 18.1 Å². The molecule has 0 bridgehead atoms. The third-order valence-corrected chi connectivity index (χ3v) is 0.882. The van der Waals surface area contributed by atoms with Gasteiger partial charge in [0.25, 0.3) is 5.88 Å². The number of aromatic nitrogens is 2. The fourth-order valence-electron chi connectivity index (χ4n) is 0.488. The van der Waals surface area contributed by atoms with Gasteiger partial charge in [-0.2, -0.15) is 11.2 Å². The van der Waals surface area contributed by atoms with Crippen LogP contribution in [0.4, 0.5) is 0 Å². The highest BCUT2D eigenvalue weighted by Crippen LogP contribution is 2.06. The van der Waals surface area contributed by atoms with E-state index >= 15 is 0 Å². The summed E-state index contributed by atoms with van der Waals surface area (Å²) in [6.45, 7) is 0. The molecule has 1 aromatic heterocycles. The molecule has 0 aromatic carbocycles. The highest BCUT2D eigenvalue weighted by atomic mass is 16.6. The van der Waals surface area contributed by atoms with Gasteiger partial charge >= 0.3 is 0 Å². The summed E-state index contributed by atoms with van der Waals surface area (Å²) >= 11 is 0. The number of rotatable bonds is 1. The molecule has 0 aliphatic carbocycles. The molecule has 50 valence electrons. The van der Waals surface area contributed by atoms with Crippen LogP contribution in [0.5, 0.6) is 5.88 Å². The summed E-state index contributed by atoms with van der Waals surface area (Å²) in [4.78, 5) is 11.5.